The van der Waals surface area contributed by atoms with E-state index in [0.29, 0.717) is 0 Å². The van der Waals surface area contributed by atoms with Crippen LogP contribution in [0.2, 0.25) is 0 Å². The van der Waals surface area contributed by atoms with Gasteiger partial charge in [-0.25, -0.2) is 0 Å². The van der Waals surface area contributed by atoms with E-state index in [4.69, 9.17) is 0 Å². The molecule has 41 valence electrons. The first kappa shape index (κ1) is 11.9. The average molecular weight is 235 g/mol. The van der Waals surface area contributed by atoms with Gasteiger partial charge in [-0.15, -0.1) is 0 Å². The first-order valence-corrected chi connectivity index (χ1v) is 1.82. The molecule has 0 aliphatic carbocycles. The standard InChI is InChI=1S/C4H6O3.Cs/c1-3(5)7-4(2)6;/h1-2H3;. The van der Waals surface area contributed by atoms with Gasteiger partial charge in [0.2, 0.25) is 0 Å². The SMILES string of the molecule is CC(=O)OC(C)=O.[Cs]. The van der Waals surface area contributed by atoms with E-state index >= 15 is 0 Å². The first-order chi connectivity index (χ1) is 3.13. The number of esters is 2. The molecule has 0 aliphatic rings. The monoisotopic (exact) mass is 235 g/mol. The Morgan fingerprint density at radius 2 is 1.38 bits per heavy atom. The molecule has 0 rings (SSSR count). The molecule has 0 aromatic carbocycles. The molecule has 3 nitrogen and oxygen atoms in total. The molecular weight excluding hydrogens is 229 g/mol. The van der Waals surface area contributed by atoms with Crippen LogP contribution < -0.4 is 0 Å². The fourth-order valence-corrected chi connectivity index (χ4v) is 0.202. The van der Waals surface area contributed by atoms with E-state index in [1.165, 1.54) is 13.8 Å². The topological polar surface area (TPSA) is 43.4 Å². The van der Waals surface area contributed by atoms with Crippen molar-refractivity contribution >= 4 is 80.8 Å². The molecule has 0 amide bonds. The van der Waals surface area contributed by atoms with Gasteiger partial charge >= 0.3 is 11.9 Å². The number of hydrogen-bond donors (Lipinski definition) is 0. The van der Waals surface area contributed by atoms with Crippen molar-refractivity contribution < 1.29 is 14.3 Å². The summed E-state index contributed by atoms with van der Waals surface area (Å²) in [4.78, 5) is 19.6. The maximum absolute atomic E-state index is 9.81. The predicted octanol–water partition coefficient (Wildman–Crippen LogP) is -0.285. The third-order valence-corrected chi connectivity index (χ3v) is 0.287. The third kappa shape index (κ3) is 10.2. The summed E-state index contributed by atoms with van der Waals surface area (Å²) in [6, 6.07) is 0. The molecule has 0 spiro atoms. The van der Waals surface area contributed by atoms with E-state index in [1.54, 1.807) is 0 Å². The van der Waals surface area contributed by atoms with E-state index in [0.717, 1.165) is 0 Å². The third-order valence-electron chi connectivity index (χ3n) is 0.287. The van der Waals surface area contributed by atoms with Crippen LogP contribution in [0.3, 0.4) is 0 Å². The molecule has 8 heavy (non-hydrogen) atoms. The molecule has 0 atom stereocenters. The van der Waals surface area contributed by atoms with Crippen LogP contribution in [0, 0.1) is 0 Å². The second kappa shape index (κ2) is 6.31. The van der Waals surface area contributed by atoms with Gasteiger partial charge in [-0.05, 0) is 0 Å². The Balaban J connectivity index is 0. The van der Waals surface area contributed by atoms with Crippen LogP contribution in [-0.4, -0.2) is 80.8 Å². The Bertz CT molecular complexity index is 87.5. The second-order valence-corrected chi connectivity index (χ2v) is 1.09. The Morgan fingerprint density at radius 3 is 1.38 bits per heavy atom. The van der Waals surface area contributed by atoms with E-state index in [9.17, 15) is 9.59 Å². The maximum atomic E-state index is 9.81. The van der Waals surface area contributed by atoms with Crippen molar-refractivity contribution in [2.24, 2.45) is 0 Å². The van der Waals surface area contributed by atoms with E-state index in [-0.39, 0.29) is 68.9 Å². The molecule has 0 bridgehead atoms. The number of hydrogen-bond acceptors (Lipinski definition) is 3. The van der Waals surface area contributed by atoms with Crippen molar-refractivity contribution in [3.8, 4) is 0 Å². The largest absolute Gasteiger partial charge is 0.394 e. The van der Waals surface area contributed by atoms with Crippen molar-refractivity contribution in [3.63, 3.8) is 0 Å². The molecule has 0 saturated heterocycles. The van der Waals surface area contributed by atoms with Gasteiger partial charge in [0, 0.05) is 82.7 Å². The summed E-state index contributed by atoms with van der Waals surface area (Å²) in [7, 11) is 0. The molecule has 0 N–H and O–H groups in total. The van der Waals surface area contributed by atoms with Crippen molar-refractivity contribution in [1.29, 1.82) is 0 Å². The normalized spacial score (nSPS) is 6.75. The van der Waals surface area contributed by atoms with Crippen molar-refractivity contribution in [3.05, 3.63) is 0 Å². The molecule has 0 unspecified atom stereocenters. The Labute approximate surface area is 107 Å². The summed E-state index contributed by atoms with van der Waals surface area (Å²) in [5.41, 5.74) is 0. The number of rotatable bonds is 0. The number of carbonyl (C=O) groups excluding carboxylic acids is 2. The minimum Gasteiger partial charge on any atom is -0.394 e. The van der Waals surface area contributed by atoms with E-state index in [2.05, 4.69) is 4.74 Å². The smallest absolute Gasteiger partial charge is 0.310 e. The van der Waals surface area contributed by atoms with Gasteiger partial charge in [-0.2, -0.15) is 0 Å². The molecule has 0 heterocycles. The molecule has 0 aromatic rings. The summed E-state index contributed by atoms with van der Waals surface area (Å²) in [6.07, 6.45) is 0. The van der Waals surface area contributed by atoms with Crippen LogP contribution in [0.1, 0.15) is 13.8 Å². The van der Waals surface area contributed by atoms with Crippen LogP contribution in [0.15, 0.2) is 0 Å². The minimum absolute atomic E-state index is 0. The number of ether oxygens (including phenoxy) is 1. The van der Waals surface area contributed by atoms with Gasteiger partial charge in [0.05, 0.1) is 0 Å². The predicted molar refractivity (Wildman–Crippen MR) is 28.2 cm³/mol. The zero-order valence-corrected chi connectivity index (χ0v) is 11.5. The van der Waals surface area contributed by atoms with Gasteiger partial charge < -0.3 is 4.74 Å². The molecule has 0 aliphatic heterocycles. The van der Waals surface area contributed by atoms with Crippen molar-refractivity contribution in [2.75, 3.05) is 0 Å². The minimum atomic E-state index is -0.562. The fraction of sp³-hybridized carbons (Fsp3) is 0.500. The summed E-state index contributed by atoms with van der Waals surface area (Å²) >= 11 is 0. The van der Waals surface area contributed by atoms with Crippen molar-refractivity contribution in [1.82, 2.24) is 0 Å². The van der Waals surface area contributed by atoms with Gasteiger partial charge in [0.1, 0.15) is 0 Å². The van der Waals surface area contributed by atoms with Crippen molar-refractivity contribution in [2.45, 2.75) is 13.8 Å². The number of carbonyl (C=O) groups is 2. The molecular formula is C4H6CsO3. The van der Waals surface area contributed by atoms with Crippen LogP contribution >= 0.6 is 0 Å². The quantitative estimate of drug-likeness (QED) is 0.428. The summed E-state index contributed by atoms with van der Waals surface area (Å²) < 4.78 is 3.97. The van der Waals surface area contributed by atoms with Crippen LogP contribution in [0.5, 0.6) is 0 Å². The van der Waals surface area contributed by atoms with Crippen LogP contribution in [0.4, 0.5) is 0 Å². The Morgan fingerprint density at radius 1 is 1.12 bits per heavy atom. The molecule has 0 saturated carbocycles. The summed E-state index contributed by atoms with van der Waals surface area (Å²) in [5, 5.41) is 0. The molecule has 4 heteroatoms. The van der Waals surface area contributed by atoms with Crippen LogP contribution in [-0.2, 0) is 14.3 Å². The van der Waals surface area contributed by atoms with Gasteiger partial charge in [-0.3, -0.25) is 9.59 Å². The van der Waals surface area contributed by atoms with E-state index < -0.39 is 11.9 Å². The molecule has 0 aromatic heterocycles. The Kier molecular flexibility index (Phi) is 9.41. The zero-order chi connectivity index (χ0) is 5.86. The maximum Gasteiger partial charge on any atom is 0.310 e. The Hall–Kier alpha value is 1.19. The second-order valence-electron chi connectivity index (χ2n) is 1.09. The first-order valence-electron chi connectivity index (χ1n) is 1.82. The van der Waals surface area contributed by atoms with Gasteiger partial charge in [-0.1, -0.05) is 0 Å². The zero-order valence-electron chi connectivity index (χ0n) is 5.22. The summed E-state index contributed by atoms with van der Waals surface area (Å²) in [6.45, 7) is 2.36. The van der Waals surface area contributed by atoms with Gasteiger partial charge in [0.25, 0.3) is 0 Å². The fourth-order valence-electron chi connectivity index (χ4n) is 0.202. The van der Waals surface area contributed by atoms with Crippen LogP contribution in [0.25, 0.3) is 0 Å². The summed E-state index contributed by atoms with van der Waals surface area (Å²) in [5.74, 6) is -1.12. The average Bonchev–Trinajstić information content (AvgIpc) is 1.27. The van der Waals surface area contributed by atoms with E-state index in [1.807, 2.05) is 0 Å². The molecule has 1 radical (unpaired) electrons. The molecule has 0 fully saturated rings. The van der Waals surface area contributed by atoms with Gasteiger partial charge in [0.15, 0.2) is 0 Å².